The van der Waals surface area contributed by atoms with Crippen LogP contribution in [0.5, 0.6) is 0 Å². The van der Waals surface area contributed by atoms with E-state index in [0.29, 0.717) is 19.6 Å². The molecule has 0 saturated carbocycles. The minimum Gasteiger partial charge on any atom is -0.395 e. The molecule has 6 heteroatoms. The third-order valence-electron chi connectivity index (χ3n) is 1.25. The van der Waals surface area contributed by atoms with Gasteiger partial charge < -0.3 is 5.11 Å². The van der Waals surface area contributed by atoms with Gasteiger partial charge in [-0.25, -0.2) is 5.01 Å². The first-order valence-corrected chi connectivity index (χ1v) is 3.54. The molecule has 0 spiro atoms. The van der Waals surface area contributed by atoms with E-state index in [1.807, 2.05) is 0 Å². The summed E-state index contributed by atoms with van der Waals surface area (Å²) in [4.78, 5) is 0. The predicted molar refractivity (Wildman–Crippen MR) is 42.5 cm³/mol. The predicted octanol–water partition coefficient (Wildman–Crippen LogP) is -2.41. The quantitative estimate of drug-likeness (QED) is 0.257. The van der Waals surface area contributed by atoms with Crippen LogP contribution in [0, 0.1) is 0 Å². The maximum atomic E-state index is 8.46. The molecule has 11 heavy (non-hydrogen) atoms. The lowest BCUT2D eigenvalue weighted by Gasteiger charge is -2.15. The first-order chi connectivity index (χ1) is 5.16. The summed E-state index contributed by atoms with van der Waals surface area (Å²) in [5, 5.41) is 11.1. The van der Waals surface area contributed by atoms with Gasteiger partial charge >= 0.3 is 0 Å². The van der Waals surface area contributed by atoms with Crippen molar-refractivity contribution in [3.05, 3.63) is 0 Å². The molecule has 0 aromatic heterocycles. The lowest BCUT2D eigenvalue weighted by atomic mass is 10.4. The average Bonchev–Trinajstić information content (AvgIpc) is 1.87. The smallest absolute Gasteiger partial charge is 0.0572 e. The summed E-state index contributed by atoms with van der Waals surface area (Å²) in [5.74, 6) is 15.8. The first kappa shape index (κ1) is 10.8. The molecular weight excluding hydrogens is 146 g/mol. The molecule has 0 unspecified atom stereocenters. The Labute approximate surface area is 66.4 Å². The maximum absolute atomic E-state index is 8.46. The van der Waals surface area contributed by atoms with Gasteiger partial charge in [0, 0.05) is 19.6 Å². The standard InChI is InChI=1S/C5H17N5O/c6-9(4-5-11)2-1-3-10(7)8/h11H,1-8H2. The second kappa shape index (κ2) is 6.47. The van der Waals surface area contributed by atoms with Crippen LogP contribution in [0.2, 0.25) is 0 Å². The molecule has 7 N–H and O–H groups in total. The van der Waals surface area contributed by atoms with Crippen molar-refractivity contribution < 1.29 is 5.11 Å². The van der Waals surface area contributed by atoms with Crippen LogP contribution in [0.15, 0.2) is 0 Å². The van der Waals surface area contributed by atoms with Gasteiger partial charge in [0.1, 0.15) is 0 Å². The zero-order valence-electron chi connectivity index (χ0n) is 6.61. The highest BCUT2D eigenvalue weighted by atomic mass is 16.3. The van der Waals surface area contributed by atoms with Gasteiger partial charge in [-0.15, -0.1) is 0 Å². The van der Waals surface area contributed by atoms with Crippen LogP contribution in [-0.2, 0) is 0 Å². The Bertz CT molecular complexity index is 88.9. The highest BCUT2D eigenvalue weighted by Crippen LogP contribution is 1.83. The molecule has 6 nitrogen and oxygen atoms in total. The van der Waals surface area contributed by atoms with Crippen LogP contribution in [0.3, 0.4) is 0 Å². The van der Waals surface area contributed by atoms with E-state index in [1.54, 1.807) is 0 Å². The number of rotatable bonds is 6. The minimum absolute atomic E-state index is 0.0749. The van der Waals surface area contributed by atoms with E-state index in [-0.39, 0.29) is 6.61 Å². The van der Waals surface area contributed by atoms with Crippen LogP contribution in [-0.4, -0.2) is 41.5 Å². The van der Waals surface area contributed by atoms with Crippen molar-refractivity contribution in [2.24, 2.45) is 17.5 Å². The lowest BCUT2D eigenvalue weighted by molar-refractivity contribution is 0.186. The van der Waals surface area contributed by atoms with Gasteiger partial charge in [-0.1, -0.05) is 0 Å². The zero-order valence-corrected chi connectivity index (χ0v) is 6.61. The molecule has 0 radical (unpaired) electrons. The molecule has 68 valence electrons. The SMILES string of the molecule is NN(N)CCCN(N)CCO. The van der Waals surface area contributed by atoms with E-state index in [1.165, 1.54) is 5.01 Å². The number of nitrogens with zero attached hydrogens (tertiary/aromatic N) is 2. The number of hydrogen-bond donors (Lipinski definition) is 4. The molecule has 0 bridgehead atoms. The maximum Gasteiger partial charge on any atom is 0.0572 e. The summed E-state index contributed by atoms with van der Waals surface area (Å²) in [5.41, 5.74) is 0. The lowest BCUT2D eigenvalue weighted by Crippen LogP contribution is -2.41. The second-order valence-corrected chi connectivity index (χ2v) is 2.35. The van der Waals surface area contributed by atoms with Crippen molar-refractivity contribution >= 4 is 0 Å². The van der Waals surface area contributed by atoms with Crippen LogP contribution >= 0.6 is 0 Å². The topological polar surface area (TPSA) is 105 Å². The molecule has 0 aromatic carbocycles. The summed E-state index contributed by atoms with van der Waals surface area (Å²) in [6, 6.07) is 0. The normalized spacial score (nSPS) is 11.5. The molecule has 0 aliphatic carbocycles. The molecule has 0 heterocycles. The van der Waals surface area contributed by atoms with Crippen LogP contribution in [0.1, 0.15) is 6.42 Å². The van der Waals surface area contributed by atoms with Gasteiger partial charge in [-0.05, 0) is 6.42 Å². The van der Waals surface area contributed by atoms with Crippen molar-refractivity contribution in [2.45, 2.75) is 6.42 Å². The van der Waals surface area contributed by atoms with Crippen LogP contribution in [0.4, 0.5) is 0 Å². The molecule has 0 rings (SSSR count). The minimum atomic E-state index is 0.0749. The Kier molecular flexibility index (Phi) is 6.33. The van der Waals surface area contributed by atoms with Crippen LogP contribution < -0.4 is 17.5 Å². The molecular formula is C5H17N5O. The monoisotopic (exact) mass is 163 g/mol. The second-order valence-electron chi connectivity index (χ2n) is 2.35. The fourth-order valence-electron chi connectivity index (χ4n) is 0.697. The van der Waals surface area contributed by atoms with Crippen molar-refractivity contribution in [1.82, 2.24) is 10.1 Å². The Morgan fingerprint density at radius 1 is 1.00 bits per heavy atom. The van der Waals surface area contributed by atoms with Gasteiger partial charge in [0.25, 0.3) is 0 Å². The van der Waals surface area contributed by atoms with E-state index in [0.717, 1.165) is 11.5 Å². The summed E-state index contributed by atoms with van der Waals surface area (Å²) in [6.07, 6.45) is 0.795. The van der Waals surface area contributed by atoms with E-state index in [4.69, 9.17) is 22.6 Å². The number of nitrogens with two attached hydrogens (primary N) is 3. The Hall–Kier alpha value is -0.240. The summed E-state index contributed by atoms with van der Waals surface area (Å²) in [6.45, 7) is 1.84. The number of aliphatic hydroxyl groups excluding tert-OH is 1. The fraction of sp³-hybridized carbons (Fsp3) is 1.00. The van der Waals surface area contributed by atoms with Crippen molar-refractivity contribution in [3.8, 4) is 0 Å². The number of aliphatic hydroxyl groups is 1. The number of hydrogen-bond acceptors (Lipinski definition) is 6. The van der Waals surface area contributed by atoms with Gasteiger partial charge in [0.05, 0.1) is 6.61 Å². The Balaban J connectivity index is 3.10. The van der Waals surface area contributed by atoms with Crippen molar-refractivity contribution in [2.75, 3.05) is 26.2 Å². The number of hydrazine groups is 3. The molecule has 0 aliphatic heterocycles. The summed E-state index contributed by atoms with van der Waals surface area (Å²) >= 11 is 0. The largest absolute Gasteiger partial charge is 0.395 e. The molecule has 0 fully saturated rings. The summed E-state index contributed by atoms with van der Waals surface area (Å²) < 4.78 is 0. The highest BCUT2D eigenvalue weighted by molar-refractivity contribution is 4.48. The van der Waals surface area contributed by atoms with Crippen molar-refractivity contribution in [3.63, 3.8) is 0 Å². The molecule has 0 aromatic rings. The van der Waals surface area contributed by atoms with Gasteiger partial charge in [0.15, 0.2) is 0 Å². The molecule has 0 atom stereocenters. The molecule has 0 saturated heterocycles. The van der Waals surface area contributed by atoms with E-state index in [9.17, 15) is 0 Å². The first-order valence-electron chi connectivity index (χ1n) is 3.54. The van der Waals surface area contributed by atoms with E-state index in [2.05, 4.69) is 0 Å². The molecule has 0 amide bonds. The van der Waals surface area contributed by atoms with Gasteiger partial charge in [-0.2, -0.15) is 5.12 Å². The Morgan fingerprint density at radius 3 is 2.09 bits per heavy atom. The van der Waals surface area contributed by atoms with E-state index >= 15 is 0 Å². The zero-order chi connectivity index (χ0) is 8.69. The third kappa shape index (κ3) is 7.66. The van der Waals surface area contributed by atoms with E-state index < -0.39 is 0 Å². The van der Waals surface area contributed by atoms with Crippen molar-refractivity contribution in [1.29, 1.82) is 0 Å². The van der Waals surface area contributed by atoms with Crippen LogP contribution in [0.25, 0.3) is 0 Å². The third-order valence-corrected chi connectivity index (χ3v) is 1.25. The van der Waals surface area contributed by atoms with Gasteiger partial charge in [-0.3, -0.25) is 17.5 Å². The molecule has 0 aliphatic rings. The highest BCUT2D eigenvalue weighted by Gasteiger charge is 1.97. The van der Waals surface area contributed by atoms with Gasteiger partial charge in [0.2, 0.25) is 0 Å². The Morgan fingerprint density at radius 2 is 1.64 bits per heavy atom. The summed E-state index contributed by atoms with van der Waals surface area (Å²) in [7, 11) is 0. The average molecular weight is 163 g/mol. The fourth-order valence-corrected chi connectivity index (χ4v) is 0.697.